The smallest absolute Gasteiger partial charge is 0.383 e. The van der Waals surface area contributed by atoms with Gasteiger partial charge in [-0.05, 0) is 50.3 Å². The summed E-state index contributed by atoms with van der Waals surface area (Å²) in [5.74, 6) is -1.00. The van der Waals surface area contributed by atoms with Crippen LogP contribution in [0.15, 0.2) is 30.5 Å². The van der Waals surface area contributed by atoms with Crippen LogP contribution in [-0.4, -0.2) is 65.6 Å². The summed E-state index contributed by atoms with van der Waals surface area (Å²) >= 11 is 1.48. The fourth-order valence-electron chi connectivity index (χ4n) is 4.87. The van der Waals surface area contributed by atoms with Crippen LogP contribution in [-0.2, 0) is 27.9 Å². The van der Waals surface area contributed by atoms with Crippen molar-refractivity contribution in [2.24, 2.45) is 0 Å². The standard InChI is InChI=1S/C25H31F3N4O4S/c1-36-15-20-12-30-23(37-20)24(35)8-5-18(6-9-24)31-19-7-10-32(14-19)21(33)13-29-22(34)16-3-2-4-17(11-16)25(26,27)28/h2-4,11-12,18-19,31,35H,5-10,13-15H2,1H3,(H,29,34)/t18?,19-,24?/m0/s1. The molecule has 1 aromatic heterocycles. The van der Waals surface area contributed by atoms with Gasteiger partial charge in [-0.25, -0.2) is 4.98 Å². The number of hydrogen-bond acceptors (Lipinski definition) is 7. The largest absolute Gasteiger partial charge is 0.416 e. The third-order valence-electron chi connectivity index (χ3n) is 6.92. The molecule has 37 heavy (non-hydrogen) atoms. The van der Waals surface area contributed by atoms with Gasteiger partial charge in [0.2, 0.25) is 5.91 Å². The van der Waals surface area contributed by atoms with Crippen LogP contribution < -0.4 is 10.6 Å². The lowest BCUT2D eigenvalue weighted by atomic mass is 9.82. The topological polar surface area (TPSA) is 104 Å². The van der Waals surface area contributed by atoms with Gasteiger partial charge < -0.3 is 25.4 Å². The van der Waals surface area contributed by atoms with E-state index in [0.29, 0.717) is 32.5 Å². The summed E-state index contributed by atoms with van der Waals surface area (Å²) in [6.07, 6.45) is 0.734. The number of nitrogens with zero attached hydrogens (tertiary/aromatic N) is 2. The molecule has 3 N–H and O–H groups in total. The Morgan fingerprint density at radius 1 is 1.24 bits per heavy atom. The van der Waals surface area contributed by atoms with Crippen LogP contribution in [0.3, 0.4) is 0 Å². The number of benzene rings is 1. The zero-order valence-corrected chi connectivity index (χ0v) is 21.3. The van der Waals surface area contributed by atoms with Crippen LogP contribution in [0, 0.1) is 0 Å². The maximum Gasteiger partial charge on any atom is 0.416 e. The van der Waals surface area contributed by atoms with E-state index in [2.05, 4.69) is 15.6 Å². The Balaban J connectivity index is 1.21. The number of amides is 2. The highest BCUT2D eigenvalue weighted by Crippen LogP contribution is 2.39. The van der Waals surface area contributed by atoms with Gasteiger partial charge in [0.15, 0.2) is 0 Å². The predicted molar refractivity (Wildman–Crippen MR) is 131 cm³/mol. The Morgan fingerprint density at radius 3 is 2.70 bits per heavy atom. The lowest BCUT2D eigenvalue weighted by molar-refractivity contribution is -0.137. The van der Waals surface area contributed by atoms with E-state index in [1.54, 1.807) is 18.2 Å². The van der Waals surface area contributed by atoms with Crippen molar-refractivity contribution >= 4 is 23.2 Å². The first-order valence-corrected chi connectivity index (χ1v) is 13.0. The average Bonchev–Trinajstić information content (AvgIpc) is 3.54. The average molecular weight is 541 g/mol. The summed E-state index contributed by atoms with van der Waals surface area (Å²) in [4.78, 5) is 31.9. The fourth-order valence-corrected chi connectivity index (χ4v) is 5.90. The second-order valence-corrected chi connectivity index (χ2v) is 10.7. The molecule has 1 saturated heterocycles. The minimum absolute atomic E-state index is 0.104. The van der Waals surface area contributed by atoms with E-state index in [4.69, 9.17) is 4.74 Å². The second-order valence-electron chi connectivity index (χ2n) is 9.62. The van der Waals surface area contributed by atoms with Gasteiger partial charge in [-0.1, -0.05) is 6.07 Å². The van der Waals surface area contributed by atoms with Crippen LogP contribution in [0.25, 0.3) is 0 Å². The third-order valence-corrected chi connectivity index (χ3v) is 8.08. The van der Waals surface area contributed by atoms with Crippen molar-refractivity contribution in [1.82, 2.24) is 20.5 Å². The van der Waals surface area contributed by atoms with E-state index in [1.807, 2.05) is 0 Å². The first-order chi connectivity index (χ1) is 17.6. The molecule has 0 radical (unpaired) electrons. The number of likely N-dealkylation sites (tertiary alicyclic amines) is 1. The minimum Gasteiger partial charge on any atom is -0.383 e. The Bertz CT molecular complexity index is 1100. The maximum absolute atomic E-state index is 12.9. The van der Waals surface area contributed by atoms with Gasteiger partial charge in [-0.3, -0.25) is 9.59 Å². The van der Waals surface area contributed by atoms with E-state index in [1.165, 1.54) is 17.4 Å². The quantitative estimate of drug-likeness (QED) is 0.476. The van der Waals surface area contributed by atoms with E-state index < -0.39 is 23.2 Å². The number of rotatable bonds is 8. The van der Waals surface area contributed by atoms with Crippen LogP contribution in [0.5, 0.6) is 0 Å². The normalized spacial score (nSPS) is 24.3. The van der Waals surface area contributed by atoms with E-state index in [9.17, 15) is 27.9 Å². The molecule has 0 unspecified atom stereocenters. The van der Waals surface area contributed by atoms with Gasteiger partial charge in [0.1, 0.15) is 10.6 Å². The molecule has 1 aromatic carbocycles. The lowest BCUT2D eigenvalue weighted by Gasteiger charge is -2.36. The minimum atomic E-state index is -4.55. The van der Waals surface area contributed by atoms with Crippen LogP contribution >= 0.6 is 11.3 Å². The number of hydrogen-bond donors (Lipinski definition) is 3. The van der Waals surface area contributed by atoms with Crippen LogP contribution in [0.4, 0.5) is 13.2 Å². The van der Waals surface area contributed by atoms with Gasteiger partial charge in [0.25, 0.3) is 5.91 Å². The molecule has 2 aromatic rings. The number of thiazole rings is 1. The number of alkyl halides is 3. The van der Waals surface area contributed by atoms with Crippen molar-refractivity contribution in [2.75, 3.05) is 26.7 Å². The molecule has 1 saturated carbocycles. The summed E-state index contributed by atoms with van der Waals surface area (Å²) in [7, 11) is 1.62. The second kappa shape index (κ2) is 11.5. The Labute approximate surface area is 217 Å². The molecule has 2 heterocycles. The molecule has 12 heteroatoms. The number of aliphatic hydroxyl groups is 1. The molecule has 0 spiro atoms. The van der Waals surface area contributed by atoms with Crippen LogP contribution in [0.2, 0.25) is 0 Å². The zero-order chi connectivity index (χ0) is 26.6. The number of carbonyl (C=O) groups excluding carboxylic acids is 2. The first-order valence-electron chi connectivity index (χ1n) is 12.2. The van der Waals surface area contributed by atoms with Crippen molar-refractivity contribution in [2.45, 2.75) is 62.6 Å². The highest BCUT2D eigenvalue weighted by Gasteiger charge is 2.38. The molecule has 2 aliphatic rings. The number of methoxy groups -OCH3 is 1. The van der Waals surface area contributed by atoms with Crippen molar-refractivity contribution in [1.29, 1.82) is 0 Å². The lowest BCUT2D eigenvalue weighted by Crippen LogP contribution is -2.46. The van der Waals surface area contributed by atoms with Gasteiger partial charge in [0, 0.05) is 44.0 Å². The SMILES string of the molecule is COCc1cnc(C2(O)CCC(N[C@H]3CCN(C(=O)CNC(=O)c4cccc(C(F)(F)F)c4)C3)CC2)s1. The molecule has 2 amide bonds. The van der Waals surface area contributed by atoms with E-state index in [-0.39, 0.29) is 30.1 Å². The molecule has 8 nitrogen and oxygen atoms in total. The Morgan fingerprint density at radius 2 is 2.00 bits per heavy atom. The van der Waals surface area contributed by atoms with E-state index >= 15 is 0 Å². The van der Waals surface area contributed by atoms with Crippen molar-refractivity contribution in [3.8, 4) is 0 Å². The van der Waals surface area contributed by atoms with Gasteiger partial charge in [-0.2, -0.15) is 13.2 Å². The molecule has 1 atom stereocenters. The Kier molecular flexibility index (Phi) is 8.52. The third kappa shape index (κ3) is 6.86. The molecule has 0 bridgehead atoms. The maximum atomic E-state index is 12.9. The van der Waals surface area contributed by atoms with Crippen molar-refractivity contribution in [3.63, 3.8) is 0 Å². The number of aromatic nitrogens is 1. The van der Waals surface area contributed by atoms with Gasteiger partial charge in [0.05, 0.1) is 23.6 Å². The summed E-state index contributed by atoms with van der Waals surface area (Å²) in [6.45, 7) is 1.22. The molecular weight excluding hydrogens is 509 g/mol. The van der Waals surface area contributed by atoms with Crippen LogP contribution in [0.1, 0.15) is 57.9 Å². The summed E-state index contributed by atoms with van der Waals surface area (Å²) in [5.41, 5.74) is -1.98. The number of halogens is 3. The highest BCUT2D eigenvalue weighted by atomic mass is 32.1. The molecule has 4 rings (SSSR count). The number of carbonyl (C=O) groups is 2. The van der Waals surface area contributed by atoms with Crippen molar-refractivity contribution in [3.05, 3.63) is 51.5 Å². The monoisotopic (exact) mass is 540 g/mol. The summed E-state index contributed by atoms with van der Waals surface area (Å²) in [5, 5.41) is 17.8. The molecule has 2 fully saturated rings. The first kappa shape index (κ1) is 27.5. The fraction of sp³-hybridized carbons (Fsp3) is 0.560. The van der Waals surface area contributed by atoms with Gasteiger partial charge >= 0.3 is 6.18 Å². The molecule has 202 valence electrons. The zero-order valence-electron chi connectivity index (χ0n) is 20.5. The molecule has 1 aliphatic carbocycles. The number of ether oxygens (including phenoxy) is 1. The number of nitrogens with one attached hydrogen (secondary N) is 2. The predicted octanol–water partition coefficient (Wildman–Crippen LogP) is 3.06. The summed E-state index contributed by atoms with van der Waals surface area (Å²) in [6, 6.07) is 4.44. The molecule has 1 aliphatic heterocycles. The van der Waals surface area contributed by atoms with Crippen molar-refractivity contribution < 1.29 is 32.6 Å². The highest BCUT2D eigenvalue weighted by molar-refractivity contribution is 7.11. The van der Waals surface area contributed by atoms with Gasteiger partial charge in [-0.15, -0.1) is 11.3 Å². The molecular formula is C25H31F3N4O4S. The summed E-state index contributed by atoms with van der Waals surface area (Å²) < 4.78 is 43.8. The van der Waals surface area contributed by atoms with E-state index in [0.717, 1.165) is 47.3 Å². The Hall–Kier alpha value is -2.54.